The van der Waals surface area contributed by atoms with E-state index in [2.05, 4.69) is 10.3 Å². The maximum absolute atomic E-state index is 13.5. The lowest BCUT2D eigenvalue weighted by atomic mass is 9.74. The number of nitrogens with one attached hydrogen (secondary N) is 1. The molecule has 1 saturated heterocycles. The molecule has 8 heteroatoms. The first kappa shape index (κ1) is 18.0. The Morgan fingerprint density at radius 2 is 2.07 bits per heavy atom. The van der Waals surface area contributed by atoms with Crippen molar-refractivity contribution in [3.8, 4) is 0 Å². The van der Waals surface area contributed by atoms with E-state index < -0.39 is 11.5 Å². The normalized spacial score (nSPS) is 22.9. The van der Waals surface area contributed by atoms with Crippen LogP contribution in [0.5, 0.6) is 0 Å². The second-order valence-electron chi connectivity index (χ2n) is 7.67. The van der Waals surface area contributed by atoms with Crippen LogP contribution in [-0.4, -0.2) is 37.4 Å². The number of carbonyl (C=O) groups is 2. The molecule has 2 amide bonds. The molecule has 7 nitrogen and oxygen atoms in total. The van der Waals surface area contributed by atoms with Gasteiger partial charge in [-0.25, -0.2) is 4.98 Å². The molecule has 3 aromatic rings. The molecule has 0 radical (unpaired) electrons. The number of hydrogen-bond acceptors (Lipinski definition) is 3. The van der Waals surface area contributed by atoms with Crippen LogP contribution in [0.4, 0.5) is 5.69 Å². The zero-order valence-electron chi connectivity index (χ0n) is 16.1. The summed E-state index contributed by atoms with van der Waals surface area (Å²) in [5.41, 5.74) is 1.32. The molecule has 1 spiro atoms. The number of para-hydroxylation sites is 1. The second-order valence-corrected chi connectivity index (χ2v) is 8.11. The van der Waals surface area contributed by atoms with E-state index in [0.29, 0.717) is 29.5 Å². The fourth-order valence-corrected chi connectivity index (χ4v) is 5.04. The molecule has 1 fully saturated rings. The van der Waals surface area contributed by atoms with E-state index in [1.807, 2.05) is 42.1 Å². The van der Waals surface area contributed by atoms with Gasteiger partial charge >= 0.3 is 0 Å². The van der Waals surface area contributed by atoms with Crippen molar-refractivity contribution >= 4 is 29.1 Å². The lowest BCUT2D eigenvalue weighted by Crippen LogP contribution is -2.44. The number of aromatic nitrogens is 3. The molecule has 1 aromatic carbocycles. The Labute approximate surface area is 172 Å². The van der Waals surface area contributed by atoms with Crippen LogP contribution < -0.4 is 5.32 Å². The number of halogens is 1. The van der Waals surface area contributed by atoms with Gasteiger partial charge in [0.1, 0.15) is 23.0 Å². The Bertz CT molecular complexity index is 1150. The Morgan fingerprint density at radius 3 is 2.76 bits per heavy atom. The number of amides is 2. The number of anilines is 1. The van der Waals surface area contributed by atoms with E-state index in [4.69, 9.17) is 11.6 Å². The summed E-state index contributed by atoms with van der Waals surface area (Å²) >= 11 is 6.12. The largest absolute Gasteiger partial charge is 0.345 e. The number of imidazole rings is 1. The summed E-state index contributed by atoms with van der Waals surface area (Å²) in [6.07, 6.45) is 5.76. The van der Waals surface area contributed by atoms with Gasteiger partial charge in [-0.1, -0.05) is 29.8 Å². The average molecular weight is 410 g/mol. The van der Waals surface area contributed by atoms with Gasteiger partial charge in [0.25, 0.3) is 5.91 Å². The first-order valence-corrected chi connectivity index (χ1v) is 9.82. The van der Waals surface area contributed by atoms with Crippen LogP contribution in [0.15, 0.2) is 48.9 Å². The third-order valence-electron chi connectivity index (χ3n) is 6.14. The highest BCUT2D eigenvalue weighted by Gasteiger charge is 2.60. The summed E-state index contributed by atoms with van der Waals surface area (Å²) in [5, 5.41) is 3.52. The standard InChI is InChI=1S/C21H20ClN5O2/c1-25-10-8-23-18(25)17-21(14-5-3-4-6-15(14)24-20(21)29)7-9-27(17)19(28)16-11-13(22)12-26(16)2/h3-6,8,10-12,17H,7,9H2,1-2H3,(H,24,29)/t17-,21+/m0/s1. The first-order valence-electron chi connectivity index (χ1n) is 9.44. The van der Waals surface area contributed by atoms with Gasteiger partial charge in [-0.05, 0) is 24.1 Å². The van der Waals surface area contributed by atoms with Crippen LogP contribution in [0.2, 0.25) is 5.02 Å². The quantitative estimate of drug-likeness (QED) is 0.707. The second kappa shape index (κ2) is 6.22. The number of rotatable bonds is 2. The minimum absolute atomic E-state index is 0.0908. The molecule has 5 rings (SSSR count). The van der Waals surface area contributed by atoms with E-state index >= 15 is 0 Å². The Morgan fingerprint density at radius 1 is 1.28 bits per heavy atom. The topological polar surface area (TPSA) is 72.2 Å². The summed E-state index contributed by atoms with van der Waals surface area (Å²) < 4.78 is 3.60. The molecule has 29 heavy (non-hydrogen) atoms. The molecule has 0 bridgehead atoms. The van der Waals surface area contributed by atoms with Gasteiger partial charge in [0.05, 0.1) is 5.02 Å². The van der Waals surface area contributed by atoms with E-state index in [-0.39, 0.29) is 11.8 Å². The smallest absolute Gasteiger partial charge is 0.271 e. The third-order valence-corrected chi connectivity index (χ3v) is 6.35. The summed E-state index contributed by atoms with van der Waals surface area (Å²) in [4.78, 5) is 33.2. The van der Waals surface area contributed by atoms with Gasteiger partial charge in [-0.3, -0.25) is 9.59 Å². The van der Waals surface area contributed by atoms with E-state index in [1.54, 1.807) is 35.0 Å². The van der Waals surface area contributed by atoms with E-state index in [9.17, 15) is 9.59 Å². The third kappa shape index (κ3) is 2.40. The van der Waals surface area contributed by atoms with Crippen molar-refractivity contribution in [1.29, 1.82) is 0 Å². The average Bonchev–Trinajstić information content (AvgIpc) is 3.43. The molecule has 2 aromatic heterocycles. The number of likely N-dealkylation sites (tertiary alicyclic amines) is 1. The molecular weight excluding hydrogens is 390 g/mol. The van der Waals surface area contributed by atoms with Crippen molar-refractivity contribution in [1.82, 2.24) is 19.0 Å². The van der Waals surface area contributed by atoms with Crippen molar-refractivity contribution < 1.29 is 9.59 Å². The Balaban J connectivity index is 1.69. The number of benzene rings is 1. The fraction of sp³-hybridized carbons (Fsp3) is 0.286. The van der Waals surface area contributed by atoms with Gasteiger partial charge in [0.15, 0.2) is 0 Å². The Hall–Kier alpha value is -3.06. The molecule has 0 saturated carbocycles. The van der Waals surface area contributed by atoms with Crippen molar-refractivity contribution in [2.24, 2.45) is 14.1 Å². The highest BCUT2D eigenvalue weighted by atomic mass is 35.5. The lowest BCUT2D eigenvalue weighted by molar-refractivity contribution is -0.121. The number of hydrogen-bond donors (Lipinski definition) is 1. The predicted octanol–water partition coefficient (Wildman–Crippen LogP) is 2.89. The molecule has 0 aliphatic carbocycles. The van der Waals surface area contributed by atoms with Gasteiger partial charge in [-0.2, -0.15) is 0 Å². The number of aryl methyl sites for hydroxylation is 2. The molecular formula is C21H20ClN5O2. The van der Waals surface area contributed by atoms with Crippen LogP contribution in [-0.2, 0) is 24.3 Å². The molecule has 2 aliphatic heterocycles. The van der Waals surface area contributed by atoms with Crippen LogP contribution in [0.1, 0.15) is 34.3 Å². The highest BCUT2D eigenvalue weighted by Crippen LogP contribution is 2.54. The van der Waals surface area contributed by atoms with Crippen molar-refractivity contribution in [3.63, 3.8) is 0 Å². The molecule has 4 heterocycles. The first-order chi connectivity index (χ1) is 13.9. The molecule has 2 aliphatic rings. The zero-order chi connectivity index (χ0) is 20.3. The van der Waals surface area contributed by atoms with Gasteiger partial charge in [-0.15, -0.1) is 0 Å². The summed E-state index contributed by atoms with van der Waals surface area (Å²) in [7, 11) is 3.67. The van der Waals surface area contributed by atoms with Crippen molar-refractivity contribution in [2.45, 2.75) is 17.9 Å². The van der Waals surface area contributed by atoms with Crippen LogP contribution in [0.25, 0.3) is 0 Å². The molecule has 1 N–H and O–H groups in total. The van der Waals surface area contributed by atoms with Crippen molar-refractivity contribution in [3.05, 3.63) is 71.0 Å². The minimum Gasteiger partial charge on any atom is -0.345 e. The number of carbonyl (C=O) groups excluding carboxylic acids is 2. The zero-order valence-corrected chi connectivity index (χ0v) is 16.8. The maximum atomic E-state index is 13.5. The monoisotopic (exact) mass is 409 g/mol. The van der Waals surface area contributed by atoms with Gasteiger partial charge in [0.2, 0.25) is 5.91 Å². The summed E-state index contributed by atoms with van der Waals surface area (Å²) in [6.45, 7) is 0.445. The number of nitrogens with zero attached hydrogens (tertiary/aromatic N) is 4. The van der Waals surface area contributed by atoms with E-state index in [0.717, 1.165) is 11.3 Å². The molecule has 2 atom stereocenters. The van der Waals surface area contributed by atoms with Crippen LogP contribution >= 0.6 is 11.6 Å². The van der Waals surface area contributed by atoms with Gasteiger partial charge < -0.3 is 19.4 Å². The fourth-order valence-electron chi connectivity index (χ4n) is 4.79. The molecule has 0 unspecified atom stereocenters. The van der Waals surface area contributed by atoms with Gasteiger partial charge in [0, 0.05) is 44.9 Å². The predicted molar refractivity (Wildman–Crippen MR) is 109 cm³/mol. The highest BCUT2D eigenvalue weighted by molar-refractivity contribution is 6.31. The van der Waals surface area contributed by atoms with Crippen LogP contribution in [0.3, 0.4) is 0 Å². The minimum atomic E-state index is -0.875. The van der Waals surface area contributed by atoms with Crippen LogP contribution in [0, 0.1) is 0 Å². The summed E-state index contributed by atoms with van der Waals surface area (Å²) in [5.74, 6) is 0.427. The van der Waals surface area contributed by atoms with E-state index in [1.165, 1.54) is 0 Å². The number of fused-ring (bicyclic) bond motifs is 2. The Kier molecular flexibility index (Phi) is 3.86. The molecule has 148 valence electrons. The van der Waals surface area contributed by atoms with Crippen molar-refractivity contribution in [2.75, 3.05) is 11.9 Å². The SMILES string of the molecule is Cn1cc(Cl)cc1C(=O)N1CC[C@]2(C(=O)Nc3ccccc32)[C@@H]1c1nccn1C. The summed E-state index contributed by atoms with van der Waals surface area (Å²) in [6, 6.07) is 8.84. The maximum Gasteiger partial charge on any atom is 0.271 e. The lowest BCUT2D eigenvalue weighted by Gasteiger charge is -2.33.